The molecule has 0 aromatic carbocycles. The van der Waals surface area contributed by atoms with Crippen LogP contribution < -0.4 is 5.32 Å². The summed E-state index contributed by atoms with van der Waals surface area (Å²) in [5.41, 5.74) is 0. The minimum atomic E-state index is -0.143. The topological polar surface area (TPSA) is 80.1 Å². The number of carbonyl (C=O) groups excluding carboxylic acids is 2. The molecule has 0 unspecified atom stereocenters. The Kier molecular flexibility index (Phi) is 4.36. The summed E-state index contributed by atoms with van der Waals surface area (Å²) in [5, 5.41) is 6.98. The third kappa shape index (κ3) is 3.34. The highest BCUT2D eigenvalue weighted by Crippen LogP contribution is 2.13. The number of nitrogens with zero attached hydrogens (tertiary/aromatic N) is 4. The predicted molar refractivity (Wildman–Crippen MR) is 74.2 cm³/mol. The lowest BCUT2D eigenvalue weighted by Gasteiger charge is -2.14. The predicted octanol–water partition coefficient (Wildman–Crippen LogP) is 0.889. The highest BCUT2D eigenvalue weighted by Gasteiger charge is 2.21. The summed E-state index contributed by atoms with van der Waals surface area (Å²) in [7, 11) is 1.75. The molecule has 1 aliphatic rings. The van der Waals surface area contributed by atoms with Gasteiger partial charge in [-0.3, -0.25) is 14.9 Å². The molecular weight excluding hydrogens is 258 g/mol. The maximum Gasteiger partial charge on any atom is 0.228 e. The molecule has 1 aliphatic heterocycles. The fourth-order valence-electron chi connectivity index (χ4n) is 2.12. The first-order valence-electron chi connectivity index (χ1n) is 6.96. The normalized spacial score (nSPS) is 15.2. The quantitative estimate of drug-likeness (QED) is 0.868. The van der Waals surface area contributed by atoms with Crippen LogP contribution in [-0.4, -0.2) is 44.6 Å². The number of amides is 2. The second-order valence-corrected chi connectivity index (χ2v) is 5.35. The molecule has 0 bridgehead atoms. The lowest BCUT2D eigenvalue weighted by Crippen LogP contribution is -2.29. The zero-order chi connectivity index (χ0) is 14.7. The van der Waals surface area contributed by atoms with Crippen molar-refractivity contribution in [2.24, 2.45) is 7.05 Å². The van der Waals surface area contributed by atoms with E-state index in [1.54, 1.807) is 16.6 Å². The van der Waals surface area contributed by atoms with E-state index in [1.165, 1.54) is 0 Å². The van der Waals surface area contributed by atoms with E-state index >= 15 is 0 Å². The van der Waals surface area contributed by atoms with Crippen LogP contribution in [-0.2, 0) is 16.6 Å². The van der Waals surface area contributed by atoms with Crippen LogP contribution in [0.4, 0.5) is 5.95 Å². The van der Waals surface area contributed by atoms with Gasteiger partial charge >= 0.3 is 0 Å². The number of hydrogen-bond acceptors (Lipinski definition) is 4. The fraction of sp³-hybridized carbons (Fsp3) is 0.692. The van der Waals surface area contributed by atoms with Crippen molar-refractivity contribution in [2.75, 3.05) is 18.4 Å². The first kappa shape index (κ1) is 14.5. The van der Waals surface area contributed by atoms with Crippen LogP contribution >= 0.6 is 0 Å². The lowest BCUT2D eigenvalue weighted by atomic mass is 10.2. The van der Waals surface area contributed by atoms with Gasteiger partial charge in [-0.05, 0) is 6.42 Å². The Labute approximate surface area is 118 Å². The number of anilines is 1. The van der Waals surface area contributed by atoms with Crippen molar-refractivity contribution in [1.82, 2.24) is 19.7 Å². The van der Waals surface area contributed by atoms with Gasteiger partial charge in [0, 0.05) is 38.9 Å². The molecular formula is C13H21N5O2. The molecule has 1 fully saturated rings. The van der Waals surface area contributed by atoms with E-state index in [1.807, 2.05) is 13.8 Å². The maximum atomic E-state index is 11.9. The summed E-state index contributed by atoms with van der Waals surface area (Å²) in [6.45, 7) is 5.23. The van der Waals surface area contributed by atoms with Gasteiger partial charge in [0.05, 0.1) is 0 Å². The number of likely N-dealkylation sites (tertiary alicyclic amines) is 1. The number of aromatic nitrogens is 3. The number of carbonyl (C=O) groups is 2. The van der Waals surface area contributed by atoms with Crippen molar-refractivity contribution in [3.05, 3.63) is 5.82 Å². The molecule has 1 aromatic heterocycles. The van der Waals surface area contributed by atoms with Crippen LogP contribution in [0.15, 0.2) is 0 Å². The Morgan fingerprint density at radius 1 is 1.45 bits per heavy atom. The monoisotopic (exact) mass is 279 g/mol. The highest BCUT2D eigenvalue weighted by molar-refractivity contribution is 5.89. The summed E-state index contributed by atoms with van der Waals surface area (Å²) < 4.78 is 1.56. The Morgan fingerprint density at radius 2 is 2.20 bits per heavy atom. The van der Waals surface area contributed by atoms with E-state index in [2.05, 4.69) is 15.4 Å². The van der Waals surface area contributed by atoms with E-state index in [0.717, 1.165) is 13.0 Å². The lowest BCUT2D eigenvalue weighted by molar-refractivity contribution is -0.128. The molecule has 0 saturated carbocycles. The molecule has 1 N–H and O–H groups in total. The Balaban J connectivity index is 1.86. The summed E-state index contributed by atoms with van der Waals surface area (Å²) in [6.07, 6.45) is 1.78. The van der Waals surface area contributed by atoms with E-state index in [0.29, 0.717) is 24.7 Å². The third-order valence-corrected chi connectivity index (χ3v) is 3.33. The van der Waals surface area contributed by atoms with E-state index in [9.17, 15) is 9.59 Å². The fourth-order valence-corrected chi connectivity index (χ4v) is 2.12. The van der Waals surface area contributed by atoms with E-state index in [-0.39, 0.29) is 24.2 Å². The summed E-state index contributed by atoms with van der Waals surface area (Å²) >= 11 is 0. The van der Waals surface area contributed by atoms with E-state index < -0.39 is 0 Å². The molecule has 0 radical (unpaired) electrons. The number of hydrogen-bond donors (Lipinski definition) is 1. The van der Waals surface area contributed by atoms with Crippen molar-refractivity contribution < 1.29 is 9.59 Å². The van der Waals surface area contributed by atoms with Gasteiger partial charge in [-0.15, -0.1) is 0 Å². The molecule has 2 heterocycles. The molecule has 2 amide bonds. The molecule has 7 nitrogen and oxygen atoms in total. The van der Waals surface area contributed by atoms with Crippen LogP contribution in [0, 0.1) is 0 Å². The second-order valence-electron chi connectivity index (χ2n) is 5.35. The van der Waals surface area contributed by atoms with Crippen LogP contribution in [0.25, 0.3) is 0 Å². The standard InChI is InChI=1S/C13H21N5O2/c1-9(2)12-15-13(17(3)16-12)14-10(19)6-8-18-7-4-5-11(18)20/h9H,4-8H2,1-3H3,(H,14,15,16,19). The van der Waals surface area contributed by atoms with Crippen molar-refractivity contribution >= 4 is 17.8 Å². The van der Waals surface area contributed by atoms with Crippen LogP contribution in [0.3, 0.4) is 0 Å². The zero-order valence-corrected chi connectivity index (χ0v) is 12.2. The first-order chi connectivity index (χ1) is 9.47. The summed E-state index contributed by atoms with van der Waals surface area (Å²) in [6, 6.07) is 0. The molecule has 0 aliphatic carbocycles. The maximum absolute atomic E-state index is 11.9. The van der Waals surface area contributed by atoms with Gasteiger partial charge in [-0.2, -0.15) is 10.1 Å². The van der Waals surface area contributed by atoms with Crippen molar-refractivity contribution in [3.8, 4) is 0 Å². The number of nitrogens with one attached hydrogen (secondary N) is 1. The highest BCUT2D eigenvalue weighted by atomic mass is 16.2. The van der Waals surface area contributed by atoms with Crippen LogP contribution in [0.1, 0.15) is 44.9 Å². The van der Waals surface area contributed by atoms with Gasteiger partial charge in [-0.1, -0.05) is 13.8 Å². The van der Waals surface area contributed by atoms with Gasteiger partial charge in [-0.25, -0.2) is 4.68 Å². The molecule has 1 aromatic rings. The number of aryl methyl sites for hydroxylation is 1. The molecule has 0 spiro atoms. The number of rotatable bonds is 5. The van der Waals surface area contributed by atoms with Crippen molar-refractivity contribution in [1.29, 1.82) is 0 Å². The van der Waals surface area contributed by atoms with Crippen LogP contribution in [0.2, 0.25) is 0 Å². The minimum Gasteiger partial charge on any atom is -0.342 e. The van der Waals surface area contributed by atoms with Gasteiger partial charge in [0.15, 0.2) is 5.82 Å². The molecule has 2 rings (SSSR count). The molecule has 110 valence electrons. The Hall–Kier alpha value is -1.92. The average molecular weight is 279 g/mol. The van der Waals surface area contributed by atoms with Crippen molar-refractivity contribution in [3.63, 3.8) is 0 Å². The van der Waals surface area contributed by atoms with Gasteiger partial charge in [0.25, 0.3) is 0 Å². The summed E-state index contributed by atoms with van der Waals surface area (Å²) in [5.74, 6) is 1.37. The zero-order valence-electron chi connectivity index (χ0n) is 12.2. The summed E-state index contributed by atoms with van der Waals surface area (Å²) in [4.78, 5) is 29.3. The Bertz CT molecular complexity index is 509. The average Bonchev–Trinajstić information content (AvgIpc) is 2.94. The van der Waals surface area contributed by atoms with Gasteiger partial charge in [0.1, 0.15) is 0 Å². The minimum absolute atomic E-state index is 0.138. The molecule has 0 atom stereocenters. The second kappa shape index (κ2) is 6.02. The SMILES string of the molecule is CC(C)c1nc(NC(=O)CCN2CCCC2=O)n(C)n1. The molecule has 7 heteroatoms. The first-order valence-corrected chi connectivity index (χ1v) is 6.96. The molecule has 1 saturated heterocycles. The Morgan fingerprint density at radius 3 is 2.75 bits per heavy atom. The van der Waals surface area contributed by atoms with Gasteiger partial charge in [0.2, 0.25) is 17.8 Å². The largest absolute Gasteiger partial charge is 0.342 e. The molecule has 20 heavy (non-hydrogen) atoms. The van der Waals surface area contributed by atoms with Crippen molar-refractivity contribution in [2.45, 2.75) is 39.0 Å². The van der Waals surface area contributed by atoms with Crippen LogP contribution in [0.5, 0.6) is 0 Å². The third-order valence-electron chi connectivity index (χ3n) is 3.33. The van der Waals surface area contributed by atoms with Gasteiger partial charge < -0.3 is 4.90 Å². The van der Waals surface area contributed by atoms with E-state index in [4.69, 9.17) is 0 Å². The smallest absolute Gasteiger partial charge is 0.228 e.